The highest BCUT2D eigenvalue weighted by Crippen LogP contribution is 2.69. The molecule has 226 valence electrons. The van der Waals surface area contributed by atoms with Gasteiger partial charge in [-0.1, -0.05) is 66.2 Å². The minimum absolute atomic E-state index is 0.0437. The molecular weight excluding hydrogens is 656 g/mol. The molecule has 0 aromatic heterocycles. The summed E-state index contributed by atoms with van der Waals surface area (Å²) in [6.45, 7) is 0. The molecule has 4 aliphatic rings. The average molecular weight is 679 g/mol. The topological polar surface area (TPSA) is 80.8 Å². The smallest absolute Gasteiger partial charge is 0.338 e. The number of alkyl halides is 3. The number of ether oxygens (including phenoxy) is 1. The van der Waals surface area contributed by atoms with Gasteiger partial charge in [-0.2, -0.15) is 0 Å². The van der Waals surface area contributed by atoms with Gasteiger partial charge in [0.2, 0.25) is 17.6 Å². The van der Waals surface area contributed by atoms with Gasteiger partial charge in [-0.05, 0) is 64.7 Å². The van der Waals surface area contributed by atoms with Crippen molar-refractivity contribution in [3.63, 3.8) is 0 Å². The van der Waals surface area contributed by atoms with Gasteiger partial charge in [0.25, 0.3) is 0 Å². The van der Waals surface area contributed by atoms with Crippen molar-refractivity contribution in [3.8, 4) is 0 Å². The van der Waals surface area contributed by atoms with Gasteiger partial charge >= 0.3 is 5.97 Å². The van der Waals surface area contributed by atoms with Crippen LogP contribution in [0.3, 0.4) is 0 Å². The van der Waals surface area contributed by atoms with Crippen LogP contribution in [0.2, 0.25) is 5.02 Å². The maximum atomic E-state index is 14.3. The van der Waals surface area contributed by atoms with E-state index in [9.17, 15) is 19.2 Å². The third-order valence-corrected chi connectivity index (χ3v) is 10.7. The second kappa shape index (κ2) is 11.0. The number of carbonyl (C=O) groups is 4. The van der Waals surface area contributed by atoms with Crippen molar-refractivity contribution in [3.05, 3.63) is 135 Å². The van der Waals surface area contributed by atoms with Crippen molar-refractivity contribution in [2.45, 2.75) is 22.3 Å². The lowest BCUT2D eigenvalue weighted by Crippen LogP contribution is -2.57. The molecule has 0 radical (unpaired) electrons. The molecule has 1 fully saturated rings. The quantitative estimate of drug-likeness (QED) is 0.0877. The SMILES string of the molecule is O=C(O[C@H](CCCl)C(=O)c1ccc(Cl)cc1)c1cccc(N2C(=O)[C@@H]3[C@@H](C2=O)C2(Cl)c4ccccc4C3(Cl)c3ccccc32)c1. The fourth-order valence-electron chi connectivity index (χ4n) is 7.03. The number of benzene rings is 4. The molecule has 0 spiro atoms. The van der Waals surface area contributed by atoms with Crippen LogP contribution in [0, 0.1) is 11.8 Å². The Morgan fingerprint density at radius 3 is 1.73 bits per heavy atom. The largest absolute Gasteiger partial charge is 0.450 e. The number of halogens is 4. The molecule has 1 saturated heterocycles. The molecule has 3 atom stereocenters. The van der Waals surface area contributed by atoms with Crippen molar-refractivity contribution in [2.75, 3.05) is 10.8 Å². The van der Waals surface area contributed by atoms with E-state index in [1.54, 1.807) is 30.3 Å². The van der Waals surface area contributed by atoms with Gasteiger partial charge in [0, 0.05) is 22.9 Å². The lowest BCUT2D eigenvalue weighted by atomic mass is 9.54. The Morgan fingerprint density at radius 1 is 0.733 bits per heavy atom. The Bertz CT molecular complexity index is 1790. The maximum Gasteiger partial charge on any atom is 0.338 e. The minimum Gasteiger partial charge on any atom is -0.450 e. The van der Waals surface area contributed by atoms with Crippen LogP contribution < -0.4 is 4.90 Å². The van der Waals surface area contributed by atoms with Crippen molar-refractivity contribution >= 4 is 75.7 Å². The number of amides is 2. The van der Waals surface area contributed by atoms with Crippen LogP contribution in [0.5, 0.6) is 0 Å². The zero-order valence-electron chi connectivity index (χ0n) is 23.4. The Kier molecular flexibility index (Phi) is 7.33. The Morgan fingerprint density at radius 2 is 1.24 bits per heavy atom. The van der Waals surface area contributed by atoms with E-state index in [1.807, 2.05) is 48.5 Å². The van der Waals surface area contributed by atoms with Gasteiger partial charge in [0.15, 0.2) is 6.10 Å². The third-order valence-electron chi connectivity index (χ3n) is 8.97. The molecule has 10 heteroatoms. The number of Topliss-reactive ketones (excluding diaryl/α,β-unsaturated/α-hetero) is 1. The highest BCUT2D eigenvalue weighted by molar-refractivity contribution is 6.38. The molecule has 0 saturated carbocycles. The molecule has 4 aromatic rings. The highest BCUT2D eigenvalue weighted by atomic mass is 35.5. The third kappa shape index (κ3) is 4.30. The van der Waals surface area contributed by atoms with Gasteiger partial charge in [0.1, 0.15) is 9.75 Å². The minimum atomic E-state index is -1.33. The fraction of sp³-hybridized carbons (Fsp3) is 0.200. The van der Waals surface area contributed by atoms with Gasteiger partial charge < -0.3 is 4.74 Å². The summed E-state index contributed by atoms with van der Waals surface area (Å²) in [4.78, 5) is 53.5. The van der Waals surface area contributed by atoms with E-state index in [1.165, 1.54) is 18.2 Å². The lowest BCUT2D eigenvalue weighted by molar-refractivity contribution is -0.122. The molecule has 2 bridgehead atoms. The van der Waals surface area contributed by atoms with E-state index in [0.717, 1.165) is 4.90 Å². The van der Waals surface area contributed by atoms with Gasteiger partial charge in [-0.25, -0.2) is 9.69 Å². The summed E-state index contributed by atoms with van der Waals surface area (Å²) in [6, 6.07) is 27.0. The average Bonchev–Trinajstić information content (AvgIpc) is 3.34. The molecule has 1 aliphatic heterocycles. The van der Waals surface area contributed by atoms with Gasteiger partial charge in [0.05, 0.1) is 23.1 Å². The zero-order chi connectivity index (χ0) is 31.7. The molecule has 3 aliphatic carbocycles. The van der Waals surface area contributed by atoms with Gasteiger partial charge in [-0.15, -0.1) is 34.8 Å². The number of hydrogen-bond donors (Lipinski definition) is 0. The monoisotopic (exact) mass is 677 g/mol. The number of imide groups is 1. The van der Waals surface area contributed by atoms with E-state index in [4.69, 9.17) is 51.1 Å². The van der Waals surface area contributed by atoms with Crippen molar-refractivity contribution in [1.29, 1.82) is 0 Å². The summed E-state index contributed by atoms with van der Waals surface area (Å²) >= 11 is 26.9. The molecule has 2 amide bonds. The van der Waals surface area contributed by atoms with Crippen LogP contribution in [-0.2, 0) is 24.1 Å². The predicted octanol–water partition coefficient (Wildman–Crippen LogP) is 7.47. The number of anilines is 1. The number of rotatable bonds is 7. The van der Waals surface area contributed by atoms with Crippen LogP contribution in [0.25, 0.3) is 0 Å². The van der Waals surface area contributed by atoms with E-state index < -0.39 is 51.3 Å². The van der Waals surface area contributed by atoms with Crippen LogP contribution in [0.1, 0.15) is 49.4 Å². The highest BCUT2D eigenvalue weighted by Gasteiger charge is 2.73. The van der Waals surface area contributed by atoms with Crippen molar-refractivity contribution in [2.24, 2.45) is 11.8 Å². The Balaban J connectivity index is 1.23. The van der Waals surface area contributed by atoms with E-state index in [0.29, 0.717) is 32.8 Å². The van der Waals surface area contributed by atoms with Crippen molar-refractivity contribution in [1.82, 2.24) is 0 Å². The molecule has 45 heavy (non-hydrogen) atoms. The van der Waals surface area contributed by atoms with Crippen LogP contribution >= 0.6 is 46.4 Å². The summed E-state index contributed by atoms with van der Waals surface area (Å²) in [5.41, 5.74) is 3.29. The summed E-state index contributed by atoms with van der Waals surface area (Å²) in [5.74, 6) is -4.19. The number of esters is 1. The number of carbonyl (C=O) groups excluding carboxylic acids is 4. The maximum absolute atomic E-state index is 14.3. The number of hydrogen-bond acceptors (Lipinski definition) is 5. The van der Waals surface area contributed by atoms with Crippen molar-refractivity contribution < 1.29 is 23.9 Å². The van der Waals surface area contributed by atoms with E-state index in [-0.39, 0.29) is 23.6 Å². The molecule has 6 nitrogen and oxygen atoms in total. The standard InChI is InChI=1S/C35H23Cl4NO5/c36-17-16-27(30(41)19-12-14-21(37)15-13-19)45-33(44)20-6-5-7-22(18-20)40-31(42)28-29(32(40)43)35(39)24-9-2-1-8-23(24)34(28,38)25-10-3-4-11-26(25)35/h1-15,18,27-29H,16-17H2/t27-,28+,29+,34?,35?/m1/s1. The van der Waals surface area contributed by atoms with E-state index in [2.05, 4.69) is 0 Å². The molecular formula is C35H23Cl4NO5. The molecule has 4 aromatic carbocycles. The first-order valence-corrected chi connectivity index (χ1v) is 15.9. The predicted molar refractivity (Wildman–Crippen MR) is 172 cm³/mol. The second-order valence-corrected chi connectivity index (χ2v) is 13.3. The summed E-state index contributed by atoms with van der Waals surface area (Å²) in [6.07, 6.45) is -1.07. The van der Waals surface area contributed by atoms with Crippen LogP contribution in [-0.4, -0.2) is 35.6 Å². The number of ketones is 1. The summed E-state index contributed by atoms with van der Waals surface area (Å²) < 4.78 is 5.61. The first-order chi connectivity index (χ1) is 21.6. The van der Waals surface area contributed by atoms with Gasteiger partial charge in [-0.3, -0.25) is 14.4 Å². The molecule has 8 rings (SSSR count). The Hall–Kier alpha value is -3.68. The normalized spacial score (nSPS) is 24.9. The number of nitrogens with zero attached hydrogens (tertiary/aromatic N) is 1. The fourth-order valence-corrected chi connectivity index (χ4v) is 8.46. The second-order valence-electron chi connectivity index (χ2n) is 11.3. The van der Waals surface area contributed by atoms with Crippen LogP contribution in [0.4, 0.5) is 5.69 Å². The zero-order valence-corrected chi connectivity index (χ0v) is 26.4. The lowest BCUT2D eigenvalue weighted by Gasteiger charge is -2.54. The Labute approximate surface area is 278 Å². The first-order valence-electron chi connectivity index (χ1n) is 14.2. The molecule has 0 N–H and O–H groups in total. The summed E-state index contributed by atoms with van der Waals surface area (Å²) in [7, 11) is 0. The van der Waals surface area contributed by atoms with E-state index >= 15 is 0 Å². The molecule has 1 heterocycles. The van der Waals surface area contributed by atoms with Crippen LogP contribution in [0.15, 0.2) is 97.1 Å². The summed E-state index contributed by atoms with van der Waals surface area (Å²) in [5, 5.41) is 0.459. The molecule has 0 unspecified atom stereocenters. The first kappa shape index (κ1) is 30.0.